The predicted molar refractivity (Wildman–Crippen MR) is 63.6 cm³/mol. The summed E-state index contributed by atoms with van der Waals surface area (Å²) in [6, 6.07) is 7.16. The fourth-order valence-electron chi connectivity index (χ4n) is 2.29. The van der Waals surface area contributed by atoms with Gasteiger partial charge in [-0.3, -0.25) is 14.6 Å². The van der Waals surface area contributed by atoms with Crippen LogP contribution in [-0.4, -0.2) is 29.8 Å². The largest absolute Gasteiger partial charge is 0.285 e. The highest BCUT2D eigenvalue weighted by Gasteiger charge is 2.34. The number of hydrazone groups is 1. The van der Waals surface area contributed by atoms with Crippen LogP contribution >= 0.6 is 0 Å². The number of Topliss-reactive ketones (excluding diaryl/α,β-unsaturated/α-hetero) is 2. The van der Waals surface area contributed by atoms with Gasteiger partial charge in [0.25, 0.3) is 0 Å². The van der Waals surface area contributed by atoms with Crippen LogP contribution in [0.3, 0.4) is 0 Å². The first-order valence-electron chi connectivity index (χ1n) is 5.38. The molecular weight excluding hydrogens is 216 g/mol. The molecule has 0 fully saturated rings. The fraction of sp³-hybridized carbons (Fsp3) is 0.154. The number of ketones is 2. The number of fused-ring (bicyclic) bond motifs is 2. The minimum atomic E-state index is -0.414. The van der Waals surface area contributed by atoms with E-state index in [1.165, 1.54) is 0 Å². The number of allylic oxidation sites excluding steroid dienone is 1. The lowest BCUT2D eigenvalue weighted by atomic mass is 9.85. The van der Waals surface area contributed by atoms with Crippen molar-refractivity contribution < 1.29 is 9.59 Å². The fourth-order valence-corrected chi connectivity index (χ4v) is 2.29. The van der Waals surface area contributed by atoms with Crippen LogP contribution in [0.5, 0.6) is 0 Å². The number of benzene rings is 1. The zero-order chi connectivity index (χ0) is 12.0. The van der Waals surface area contributed by atoms with Gasteiger partial charge in [-0.2, -0.15) is 5.10 Å². The van der Waals surface area contributed by atoms with Gasteiger partial charge in [0.15, 0.2) is 0 Å². The molecule has 4 heteroatoms. The van der Waals surface area contributed by atoms with Gasteiger partial charge in [-0.25, -0.2) is 0 Å². The molecule has 4 nitrogen and oxygen atoms in total. The number of rotatable bonds is 0. The molecule has 17 heavy (non-hydrogen) atoms. The van der Waals surface area contributed by atoms with E-state index in [9.17, 15) is 9.59 Å². The Morgan fingerprint density at radius 2 is 1.82 bits per heavy atom. The first-order valence-corrected chi connectivity index (χ1v) is 5.38. The first-order chi connectivity index (χ1) is 8.20. The Kier molecular flexibility index (Phi) is 1.98. The molecule has 0 amide bonds. The van der Waals surface area contributed by atoms with Crippen molar-refractivity contribution in [2.24, 2.45) is 5.10 Å². The summed E-state index contributed by atoms with van der Waals surface area (Å²) < 4.78 is 0. The molecule has 0 saturated carbocycles. The Bertz CT molecular complexity index is 599. The van der Waals surface area contributed by atoms with Crippen LogP contribution in [0.1, 0.15) is 22.3 Å². The van der Waals surface area contributed by atoms with Crippen LogP contribution in [0.25, 0.3) is 5.70 Å². The van der Waals surface area contributed by atoms with E-state index in [-0.39, 0.29) is 0 Å². The van der Waals surface area contributed by atoms with E-state index < -0.39 is 11.6 Å². The maximum absolute atomic E-state index is 12.0. The summed E-state index contributed by atoms with van der Waals surface area (Å²) in [6.07, 6.45) is 2.08. The molecule has 0 spiro atoms. The topological polar surface area (TPSA) is 49.7 Å². The molecule has 1 heterocycles. The Hall–Kier alpha value is -2.23. The minimum Gasteiger partial charge on any atom is -0.285 e. The predicted octanol–water partition coefficient (Wildman–Crippen LogP) is 1.48. The summed E-state index contributed by atoms with van der Waals surface area (Å²) in [5.74, 6) is -0.820. The van der Waals surface area contributed by atoms with Crippen LogP contribution in [-0.2, 0) is 4.79 Å². The molecule has 0 radical (unpaired) electrons. The second kappa shape index (κ2) is 3.38. The van der Waals surface area contributed by atoms with Gasteiger partial charge in [0.05, 0.1) is 5.70 Å². The number of carbonyl (C=O) groups is 2. The SMILES string of the molecule is CN1N=CCC2=C1c1ccccc1C(=O)C2=O. The number of carbonyl (C=O) groups excluding carboxylic acids is 2. The third-order valence-corrected chi connectivity index (χ3v) is 3.07. The summed E-state index contributed by atoms with van der Waals surface area (Å²) >= 11 is 0. The second-order valence-corrected chi connectivity index (χ2v) is 4.06. The van der Waals surface area contributed by atoms with E-state index in [4.69, 9.17) is 0 Å². The van der Waals surface area contributed by atoms with E-state index in [1.54, 1.807) is 30.4 Å². The van der Waals surface area contributed by atoms with Gasteiger partial charge < -0.3 is 0 Å². The monoisotopic (exact) mass is 226 g/mol. The molecule has 2 aliphatic rings. The zero-order valence-electron chi connectivity index (χ0n) is 9.30. The standard InChI is InChI=1S/C13H10N2O2/c1-15-11-8-4-2-3-5-9(8)12(16)13(17)10(11)6-7-14-15/h2-5,7H,6H2,1H3. The first kappa shape index (κ1) is 9.96. The van der Waals surface area contributed by atoms with Crippen LogP contribution in [0.15, 0.2) is 34.9 Å². The number of hydrogen-bond donors (Lipinski definition) is 0. The highest BCUT2D eigenvalue weighted by atomic mass is 16.2. The van der Waals surface area contributed by atoms with Gasteiger partial charge in [0.1, 0.15) is 0 Å². The molecule has 3 rings (SSSR count). The van der Waals surface area contributed by atoms with E-state index >= 15 is 0 Å². The van der Waals surface area contributed by atoms with Crippen molar-refractivity contribution in [1.82, 2.24) is 5.01 Å². The Morgan fingerprint density at radius 3 is 2.59 bits per heavy atom. The highest BCUT2D eigenvalue weighted by molar-refractivity contribution is 6.52. The van der Waals surface area contributed by atoms with Crippen LogP contribution < -0.4 is 0 Å². The summed E-state index contributed by atoms with van der Waals surface area (Å²) in [5.41, 5.74) is 2.57. The summed E-state index contributed by atoms with van der Waals surface area (Å²) in [7, 11) is 1.78. The third-order valence-electron chi connectivity index (χ3n) is 3.07. The molecule has 1 aromatic rings. The molecule has 0 unspecified atom stereocenters. The van der Waals surface area contributed by atoms with Gasteiger partial charge in [-0.05, 0) is 0 Å². The number of nitrogens with zero attached hydrogens (tertiary/aromatic N) is 2. The molecule has 0 aromatic heterocycles. The molecule has 84 valence electrons. The van der Waals surface area contributed by atoms with Gasteiger partial charge in [-0.15, -0.1) is 0 Å². The molecular formula is C13H10N2O2. The average Bonchev–Trinajstić information content (AvgIpc) is 2.36. The van der Waals surface area contributed by atoms with E-state index in [0.717, 1.165) is 11.3 Å². The maximum Gasteiger partial charge on any atom is 0.233 e. The molecule has 1 aromatic carbocycles. The summed E-state index contributed by atoms with van der Waals surface area (Å²) in [6.45, 7) is 0. The smallest absolute Gasteiger partial charge is 0.233 e. The third kappa shape index (κ3) is 1.27. The summed E-state index contributed by atoms with van der Waals surface area (Å²) in [5, 5.41) is 5.81. The van der Waals surface area contributed by atoms with Crippen molar-refractivity contribution in [1.29, 1.82) is 0 Å². The molecule has 1 aliphatic carbocycles. The Morgan fingerprint density at radius 1 is 1.12 bits per heavy atom. The lowest BCUT2D eigenvalue weighted by molar-refractivity contribution is -0.112. The van der Waals surface area contributed by atoms with Gasteiger partial charge in [-0.1, -0.05) is 24.3 Å². The van der Waals surface area contributed by atoms with E-state index in [0.29, 0.717) is 17.6 Å². The maximum atomic E-state index is 12.0. The van der Waals surface area contributed by atoms with Crippen LogP contribution in [0.2, 0.25) is 0 Å². The zero-order valence-corrected chi connectivity index (χ0v) is 9.30. The molecule has 0 bridgehead atoms. The van der Waals surface area contributed by atoms with Crippen molar-refractivity contribution in [3.63, 3.8) is 0 Å². The average molecular weight is 226 g/mol. The lowest BCUT2D eigenvalue weighted by Crippen LogP contribution is -2.30. The normalized spacial score (nSPS) is 18.3. The minimum absolute atomic E-state index is 0.406. The quantitative estimate of drug-likeness (QED) is 0.630. The highest BCUT2D eigenvalue weighted by Crippen LogP contribution is 2.34. The van der Waals surface area contributed by atoms with E-state index in [2.05, 4.69) is 5.10 Å². The molecule has 1 aliphatic heterocycles. The van der Waals surface area contributed by atoms with Gasteiger partial charge in [0, 0.05) is 36.4 Å². The molecule has 0 atom stereocenters. The van der Waals surface area contributed by atoms with Crippen molar-refractivity contribution in [2.45, 2.75) is 6.42 Å². The molecule has 0 saturated heterocycles. The lowest BCUT2D eigenvalue weighted by Gasteiger charge is -2.28. The van der Waals surface area contributed by atoms with Crippen molar-refractivity contribution in [3.8, 4) is 0 Å². The molecule has 0 N–H and O–H groups in total. The van der Waals surface area contributed by atoms with Crippen molar-refractivity contribution in [2.75, 3.05) is 7.05 Å². The van der Waals surface area contributed by atoms with Gasteiger partial charge >= 0.3 is 0 Å². The van der Waals surface area contributed by atoms with Crippen molar-refractivity contribution in [3.05, 3.63) is 41.0 Å². The Labute approximate surface area is 98.2 Å². The van der Waals surface area contributed by atoms with Crippen LogP contribution in [0.4, 0.5) is 0 Å². The Balaban J connectivity index is 2.31. The van der Waals surface area contributed by atoms with Crippen molar-refractivity contribution >= 4 is 23.5 Å². The summed E-state index contributed by atoms with van der Waals surface area (Å²) in [4.78, 5) is 23.9. The van der Waals surface area contributed by atoms with Crippen LogP contribution in [0, 0.1) is 0 Å². The second-order valence-electron chi connectivity index (χ2n) is 4.06. The van der Waals surface area contributed by atoms with E-state index in [1.807, 2.05) is 12.1 Å². The number of hydrogen-bond acceptors (Lipinski definition) is 4. The van der Waals surface area contributed by atoms with Gasteiger partial charge in [0.2, 0.25) is 11.6 Å².